The lowest BCUT2D eigenvalue weighted by Crippen LogP contribution is -2.39. The highest BCUT2D eigenvalue weighted by Gasteiger charge is 2.34. The maximum atomic E-state index is 7.24. The first kappa shape index (κ1) is 16.4. The zero-order valence-corrected chi connectivity index (χ0v) is 12.2. The van der Waals surface area contributed by atoms with Crippen molar-refractivity contribution in [1.82, 2.24) is 5.32 Å². The number of nitrogens with one attached hydrogen (secondary N) is 2. The van der Waals surface area contributed by atoms with E-state index >= 15 is 0 Å². The van der Waals surface area contributed by atoms with Crippen molar-refractivity contribution in [2.75, 3.05) is 13.6 Å². The highest BCUT2D eigenvalue weighted by atomic mass is 16.5. The fraction of sp³-hybridized carbons (Fsp3) is 0.929. The van der Waals surface area contributed by atoms with Crippen molar-refractivity contribution in [3.63, 3.8) is 0 Å². The average molecular weight is 242 g/mol. The summed E-state index contributed by atoms with van der Waals surface area (Å²) in [6.07, 6.45) is 5.38. The third kappa shape index (κ3) is 5.07. The van der Waals surface area contributed by atoms with Gasteiger partial charge < -0.3 is 10.1 Å². The normalized spacial score (nSPS) is 18.2. The lowest BCUT2D eigenvalue weighted by Gasteiger charge is -2.37. The third-order valence-corrected chi connectivity index (χ3v) is 4.02. The molecule has 0 aromatic heterocycles. The fourth-order valence-corrected chi connectivity index (χ4v) is 2.46. The third-order valence-electron chi connectivity index (χ3n) is 4.02. The summed E-state index contributed by atoms with van der Waals surface area (Å²) < 4.78 is 5.68. The van der Waals surface area contributed by atoms with Crippen LogP contribution in [0.5, 0.6) is 0 Å². The Labute approximate surface area is 107 Å². The molecular formula is C14H30N2O. The summed E-state index contributed by atoms with van der Waals surface area (Å²) >= 11 is 0. The van der Waals surface area contributed by atoms with Crippen LogP contribution in [0.1, 0.15) is 53.4 Å². The van der Waals surface area contributed by atoms with E-state index in [4.69, 9.17) is 10.1 Å². The summed E-state index contributed by atoms with van der Waals surface area (Å²) in [6, 6.07) is 0. The van der Waals surface area contributed by atoms with Crippen molar-refractivity contribution in [3.8, 4) is 0 Å². The van der Waals surface area contributed by atoms with Crippen LogP contribution in [0.2, 0.25) is 0 Å². The van der Waals surface area contributed by atoms with Gasteiger partial charge in [0.25, 0.3) is 0 Å². The molecule has 102 valence electrons. The molecule has 0 heterocycles. The minimum Gasteiger partial charge on any atom is -0.477 e. The standard InChI is InChI=1S/C14H30N2O/c1-6-13(4)14(7-2,17-11-15)9-8-12(3)10-16-5/h11-13,15-16H,6-10H2,1-5H3/t12-,13?,14+/m0/s1. The lowest BCUT2D eigenvalue weighted by molar-refractivity contribution is -0.00979. The molecule has 2 N–H and O–H groups in total. The van der Waals surface area contributed by atoms with Gasteiger partial charge in [0.1, 0.15) is 5.60 Å². The van der Waals surface area contributed by atoms with Gasteiger partial charge in [-0.2, -0.15) is 0 Å². The van der Waals surface area contributed by atoms with Gasteiger partial charge in [-0.25, -0.2) is 0 Å². The Balaban J connectivity index is 4.51. The smallest absolute Gasteiger partial charge is 0.167 e. The van der Waals surface area contributed by atoms with Crippen molar-refractivity contribution in [2.45, 2.75) is 59.0 Å². The molecule has 0 aliphatic rings. The van der Waals surface area contributed by atoms with E-state index in [1.165, 1.54) is 0 Å². The molecule has 0 rings (SSSR count). The van der Waals surface area contributed by atoms with Gasteiger partial charge in [0.05, 0.1) is 0 Å². The molecule has 0 aliphatic heterocycles. The number of rotatable bonds is 10. The van der Waals surface area contributed by atoms with Crippen LogP contribution in [0.25, 0.3) is 0 Å². The quantitative estimate of drug-likeness (QED) is 0.455. The van der Waals surface area contributed by atoms with E-state index in [2.05, 4.69) is 33.0 Å². The van der Waals surface area contributed by atoms with E-state index < -0.39 is 0 Å². The Morgan fingerprint density at radius 2 is 2.00 bits per heavy atom. The largest absolute Gasteiger partial charge is 0.477 e. The lowest BCUT2D eigenvalue weighted by atomic mass is 9.79. The Morgan fingerprint density at radius 3 is 2.41 bits per heavy atom. The summed E-state index contributed by atoms with van der Waals surface area (Å²) in [5, 5.41) is 10.4. The maximum absolute atomic E-state index is 7.24. The average Bonchev–Trinajstić information content (AvgIpc) is 2.34. The molecule has 0 saturated heterocycles. The zero-order chi connectivity index (χ0) is 13.3. The Morgan fingerprint density at radius 1 is 1.35 bits per heavy atom. The highest BCUT2D eigenvalue weighted by molar-refractivity contribution is 5.42. The first-order valence-electron chi connectivity index (χ1n) is 6.87. The Kier molecular flexibility index (Phi) is 8.23. The van der Waals surface area contributed by atoms with Gasteiger partial charge >= 0.3 is 0 Å². The van der Waals surface area contributed by atoms with Crippen LogP contribution >= 0.6 is 0 Å². The topological polar surface area (TPSA) is 45.1 Å². The van der Waals surface area contributed by atoms with E-state index in [9.17, 15) is 0 Å². The van der Waals surface area contributed by atoms with E-state index in [-0.39, 0.29) is 5.60 Å². The van der Waals surface area contributed by atoms with E-state index in [0.29, 0.717) is 11.8 Å². The predicted molar refractivity (Wildman–Crippen MR) is 74.7 cm³/mol. The van der Waals surface area contributed by atoms with Gasteiger partial charge in [0.2, 0.25) is 0 Å². The number of hydrogen-bond acceptors (Lipinski definition) is 3. The summed E-state index contributed by atoms with van der Waals surface area (Å²) in [7, 11) is 1.99. The number of ether oxygens (including phenoxy) is 1. The van der Waals surface area contributed by atoms with Gasteiger partial charge in [0, 0.05) is 0 Å². The second-order valence-electron chi connectivity index (χ2n) is 5.16. The number of hydrogen-bond donors (Lipinski definition) is 2. The van der Waals surface area contributed by atoms with Gasteiger partial charge in [-0.15, -0.1) is 0 Å². The first-order valence-corrected chi connectivity index (χ1v) is 6.87. The van der Waals surface area contributed by atoms with Crippen LogP contribution in [0.15, 0.2) is 0 Å². The molecule has 3 atom stereocenters. The molecule has 0 spiro atoms. The van der Waals surface area contributed by atoms with Crippen LogP contribution in [0.4, 0.5) is 0 Å². The molecule has 0 amide bonds. The molecule has 0 saturated carbocycles. The molecule has 3 heteroatoms. The molecule has 3 nitrogen and oxygen atoms in total. The molecular weight excluding hydrogens is 212 g/mol. The summed E-state index contributed by atoms with van der Waals surface area (Å²) in [5.74, 6) is 1.15. The summed E-state index contributed by atoms with van der Waals surface area (Å²) in [5.41, 5.74) is -0.140. The fourth-order valence-electron chi connectivity index (χ4n) is 2.46. The van der Waals surface area contributed by atoms with Crippen LogP contribution in [0, 0.1) is 17.2 Å². The van der Waals surface area contributed by atoms with Crippen molar-refractivity contribution < 1.29 is 4.74 Å². The summed E-state index contributed by atoms with van der Waals surface area (Å²) in [4.78, 5) is 0. The zero-order valence-electron chi connectivity index (χ0n) is 12.2. The maximum Gasteiger partial charge on any atom is 0.167 e. The monoisotopic (exact) mass is 242 g/mol. The van der Waals surface area contributed by atoms with Crippen LogP contribution in [-0.4, -0.2) is 25.6 Å². The molecule has 0 bridgehead atoms. The van der Waals surface area contributed by atoms with Crippen molar-refractivity contribution in [3.05, 3.63) is 0 Å². The van der Waals surface area contributed by atoms with Crippen LogP contribution in [-0.2, 0) is 4.74 Å². The van der Waals surface area contributed by atoms with Gasteiger partial charge in [-0.05, 0) is 51.1 Å². The van der Waals surface area contributed by atoms with Crippen molar-refractivity contribution in [1.29, 1.82) is 5.41 Å². The SMILES string of the molecule is CCC(C)[C@@](CC)(CC[C@H](C)CNC)OC=N. The van der Waals surface area contributed by atoms with Gasteiger partial charge in [0.15, 0.2) is 6.40 Å². The van der Waals surface area contributed by atoms with Crippen LogP contribution < -0.4 is 5.32 Å². The Bertz CT molecular complexity index is 208. The second-order valence-corrected chi connectivity index (χ2v) is 5.16. The molecule has 17 heavy (non-hydrogen) atoms. The van der Waals surface area contributed by atoms with Gasteiger partial charge in [-0.1, -0.05) is 27.7 Å². The van der Waals surface area contributed by atoms with Crippen molar-refractivity contribution >= 4 is 6.40 Å². The predicted octanol–water partition coefficient (Wildman–Crippen LogP) is 3.44. The Hall–Kier alpha value is -0.570. The summed E-state index contributed by atoms with van der Waals surface area (Å²) in [6.45, 7) is 9.90. The molecule has 0 fully saturated rings. The molecule has 0 radical (unpaired) electrons. The van der Waals surface area contributed by atoms with Crippen molar-refractivity contribution in [2.24, 2.45) is 11.8 Å². The van der Waals surface area contributed by atoms with Crippen LogP contribution in [0.3, 0.4) is 0 Å². The van der Waals surface area contributed by atoms with Gasteiger partial charge in [-0.3, -0.25) is 5.41 Å². The minimum absolute atomic E-state index is 0.140. The minimum atomic E-state index is -0.140. The molecule has 0 aromatic carbocycles. The molecule has 0 aromatic rings. The highest BCUT2D eigenvalue weighted by Crippen LogP contribution is 2.33. The van der Waals surface area contributed by atoms with E-state index in [0.717, 1.165) is 38.6 Å². The molecule has 0 aliphatic carbocycles. The molecule has 1 unspecified atom stereocenters. The van der Waals surface area contributed by atoms with E-state index in [1.54, 1.807) is 0 Å². The second kappa shape index (κ2) is 8.51. The first-order chi connectivity index (χ1) is 8.06. The van der Waals surface area contributed by atoms with E-state index in [1.807, 2.05) is 7.05 Å².